The highest BCUT2D eigenvalue weighted by molar-refractivity contribution is 5.75. The normalized spacial score (nSPS) is 18.8. The molecular formula is C15H21N3O2. The summed E-state index contributed by atoms with van der Waals surface area (Å²) in [5, 5.41) is 7.37. The molecule has 1 saturated carbocycles. The molecule has 1 heterocycles. The minimum absolute atomic E-state index is 0.0443. The number of fused-ring (bicyclic) bond motifs is 1. The zero-order valence-electron chi connectivity index (χ0n) is 11.7. The molecule has 1 N–H and O–H groups in total. The topological polar surface area (TPSA) is 64.0 Å². The summed E-state index contributed by atoms with van der Waals surface area (Å²) in [5.41, 5.74) is 1.89. The lowest BCUT2D eigenvalue weighted by atomic mass is 9.97. The van der Waals surface area contributed by atoms with E-state index in [-0.39, 0.29) is 24.1 Å². The highest BCUT2D eigenvalue weighted by Crippen LogP contribution is 2.18. The first-order chi connectivity index (χ1) is 9.72. The van der Waals surface area contributed by atoms with Crippen LogP contribution in [0.2, 0.25) is 0 Å². The van der Waals surface area contributed by atoms with Crippen LogP contribution < -0.4 is 10.9 Å². The van der Waals surface area contributed by atoms with Gasteiger partial charge in [0, 0.05) is 12.1 Å². The molecule has 0 aliphatic heterocycles. The molecule has 5 nitrogen and oxygen atoms in total. The van der Waals surface area contributed by atoms with Crippen LogP contribution in [0.25, 0.3) is 0 Å². The van der Waals surface area contributed by atoms with Gasteiger partial charge in [0.15, 0.2) is 0 Å². The lowest BCUT2D eigenvalue weighted by Gasteiger charge is -2.16. The van der Waals surface area contributed by atoms with Crippen LogP contribution in [0, 0.1) is 0 Å². The van der Waals surface area contributed by atoms with Crippen LogP contribution in [0.3, 0.4) is 0 Å². The third-order valence-corrected chi connectivity index (χ3v) is 4.29. The van der Waals surface area contributed by atoms with Gasteiger partial charge in [-0.2, -0.15) is 5.10 Å². The summed E-state index contributed by atoms with van der Waals surface area (Å²) in [6.07, 6.45) is 8.57. The number of nitrogens with zero attached hydrogens (tertiary/aromatic N) is 2. The van der Waals surface area contributed by atoms with Crippen molar-refractivity contribution in [2.24, 2.45) is 0 Å². The maximum absolute atomic E-state index is 12.0. The maximum Gasteiger partial charge on any atom is 0.267 e. The van der Waals surface area contributed by atoms with Crippen LogP contribution in [0.4, 0.5) is 0 Å². The van der Waals surface area contributed by atoms with Gasteiger partial charge in [-0.25, -0.2) is 4.68 Å². The van der Waals surface area contributed by atoms with Crippen molar-refractivity contribution in [3.63, 3.8) is 0 Å². The molecule has 20 heavy (non-hydrogen) atoms. The van der Waals surface area contributed by atoms with E-state index in [0.29, 0.717) is 0 Å². The molecule has 5 heteroatoms. The standard InChI is InChI=1S/C15H21N3O2/c19-14(16-12-6-2-3-7-12)10-18-15(20)9-11-5-1-4-8-13(11)17-18/h9,12H,1-8,10H2,(H,16,19). The van der Waals surface area contributed by atoms with E-state index < -0.39 is 0 Å². The Balaban J connectivity index is 1.70. The molecule has 2 aliphatic carbocycles. The van der Waals surface area contributed by atoms with Crippen molar-refractivity contribution in [3.8, 4) is 0 Å². The molecule has 2 aliphatic rings. The van der Waals surface area contributed by atoms with Crippen molar-refractivity contribution >= 4 is 5.91 Å². The number of aryl methyl sites for hydroxylation is 2. The van der Waals surface area contributed by atoms with Gasteiger partial charge in [-0.1, -0.05) is 12.8 Å². The predicted octanol–water partition coefficient (Wildman–Crippen LogP) is 1.18. The Morgan fingerprint density at radius 1 is 1.25 bits per heavy atom. The Bertz CT molecular complexity index is 559. The highest BCUT2D eigenvalue weighted by atomic mass is 16.2. The van der Waals surface area contributed by atoms with E-state index in [0.717, 1.165) is 49.8 Å². The monoisotopic (exact) mass is 275 g/mol. The lowest BCUT2D eigenvalue weighted by Crippen LogP contribution is -2.38. The molecule has 0 spiro atoms. The van der Waals surface area contributed by atoms with E-state index in [2.05, 4.69) is 10.4 Å². The SMILES string of the molecule is O=C(Cn1nc2c(cc1=O)CCCC2)NC1CCCC1. The Hall–Kier alpha value is -1.65. The second kappa shape index (κ2) is 5.77. The second-order valence-electron chi connectivity index (χ2n) is 5.87. The Kier molecular flexibility index (Phi) is 3.85. The number of nitrogens with one attached hydrogen (secondary N) is 1. The molecular weight excluding hydrogens is 254 g/mol. The van der Waals surface area contributed by atoms with Gasteiger partial charge in [0.1, 0.15) is 6.54 Å². The van der Waals surface area contributed by atoms with Gasteiger partial charge >= 0.3 is 0 Å². The predicted molar refractivity (Wildman–Crippen MR) is 75.5 cm³/mol. The fourth-order valence-electron chi connectivity index (χ4n) is 3.19. The summed E-state index contributed by atoms with van der Waals surface area (Å²) in [6, 6.07) is 1.94. The Morgan fingerprint density at radius 2 is 2.00 bits per heavy atom. The summed E-state index contributed by atoms with van der Waals surface area (Å²) in [4.78, 5) is 24.0. The molecule has 3 rings (SSSR count). The smallest absolute Gasteiger partial charge is 0.267 e. The molecule has 1 aromatic rings. The average molecular weight is 275 g/mol. The van der Waals surface area contributed by atoms with E-state index in [9.17, 15) is 9.59 Å². The van der Waals surface area contributed by atoms with Crippen molar-refractivity contribution in [1.29, 1.82) is 0 Å². The third kappa shape index (κ3) is 2.92. The first kappa shape index (κ1) is 13.3. The van der Waals surface area contributed by atoms with E-state index >= 15 is 0 Å². The molecule has 0 atom stereocenters. The number of hydrogen-bond donors (Lipinski definition) is 1. The van der Waals surface area contributed by atoms with Gasteiger partial charge in [-0.15, -0.1) is 0 Å². The van der Waals surface area contributed by atoms with Crippen LogP contribution in [0.5, 0.6) is 0 Å². The number of carbonyl (C=O) groups is 1. The molecule has 0 bridgehead atoms. The van der Waals surface area contributed by atoms with Gasteiger partial charge in [0.05, 0.1) is 5.69 Å². The molecule has 0 saturated heterocycles. The van der Waals surface area contributed by atoms with Crippen molar-refractivity contribution in [2.45, 2.75) is 64.0 Å². The molecule has 0 aromatic carbocycles. The first-order valence-electron chi connectivity index (χ1n) is 7.61. The largest absolute Gasteiger partial charge is 0.352 e. The summed E-state index contributed by atoms with van der Waals surface area (Å²) >= 11 is 0. The van der Waals surface area contributed by atoms with Crippen molar-refractivity contribution < 1.29 is 4.79 Å². The Morgan fingerprint density at radius 3 is 2.80 bits per heavy atom. The molecule has 1 fully saturated rings. The van der Waals surface area contributed by atoms with Gasteiger partial charge in [0.25, 0.3) is 5.56 Å². The summed E-state index contributed by atoms with van der Waals surface area (Å²) in [7, 11) is 0. The van der Waals surface area contributed by atoms with Gasteiger partial charge < -0.3 is 5.32 Å². The van der Waals surface area contributed by atoms with E-state index in [4.69, 9.17) is 0 Å². The number of rotatable bonds is 3. The summed E-state index contributed by atoms with van der Waals surface area (Å²) < 4.78 is 1.31. The molecule has 108 valence electrons. The van der Waals surface area contributed by atoms with Gasteiger partial charge in [-0.05, 0) is 44.1 Å². The molecule has 1 aromatic heterocycles. The quantitative estimate of drug-likeness (QED) is 0.901. The number of carbonyl (C=O) groups excluding carboxylic acids is 1. The van der Waals surface area contributed by atoms with Crippen molar-refractivity contribution in [1.82, 2.24) is 15.1 Å². The number of amides is 1. The summed E-state index contributed by atoms with van der Waals surface area (Å²) in [5.74, 6) is -0.0951. The number of aromatic nitrogens is 2. The number of hydrogen-bond acceptors (Lipinski definition) is 3. The van der Waals surface area contributed by atoms with Crippen LogP contribution in [0.1, 0.15) is 49.8 Å². The molecule has 1 amide bonds. The van der Waals surface area contributed by atoms with Crippen molar-refractivity contribution in [3.05, 3.63) is 27.7 Å². The van der Waals surface area contributed by atoms with Gasteiger partial charge in [-0.3, -0.25) is 9.59 Å². The lowest BCUT2D eigenvalue weighted by molar-refractivity contribution is -0.122. The third-order valence-electron chi connectivity index (χ3n) is 4.29. The van der Waals surface area contributed by atoms with Crippen LogP contribution in [-0.4, -0.2) is 21.7 Å². The van der Waals surface area contributed by atoms with Crippen LogP contribution >= 0.6 is 0 Å². The molecule has 0 unspecified atom stereocenters. The Labute approximate surface area is 118 Å². The highest BCUT2D eigenvalue weighted by Gasteiger charge is 2.19. The first-order valence-corrected chi connectivity index (χ1v) is 7.61. The van der Waals surface area contributed by atoms with E-state index in [1.807, 2.05) is 0 Å². The fourth-order valence-corrected chi connectivity index (χ4v) is 3.19. The van der Waals surface area contributed by atoms with Gasteiger partial charge in [0.2, 0.25) is 5.91 Å². The van der Waals surface area contributed by atoms with Crippen molar-refractivity contribution in [2.75, 3.05) is 0 Å². The maximum atomic E-state index is 12.0. The minimum atomic E-state index is -0.160. The molecule has 0 radical (unpaired) electrons. The second-order valence-corrected chi connectivity index (χ2v) is 5.87. The average Bonchev–Trinajstić information content (AvgIpc) is 2.92. The zero-order valence-corrected chi connectivity index (χ0v) is 11.7. The van der Waals surface area contributed by atoms with E-state index in [1.165, 1.54) is 17.5 Å². The fraction of sp³-hybridized carbons (Fsp3) is 0.667. The van der Waals surface area contributed by atoms with Crippen LogP contribution in [0.15, 0.2) is 10.9 Å². The van der Waals surface area contributed by atoms with E-state index in [1.54, 1.807) is 6.07 Å². The van der Waals surface area contributed by atoms with Crippen LogP contribution in [-0.2, 0) is 24.2 Å². The minimum Gasteiger partial charge on any atom is -0.352 e. The summed E-state index contributed by atoms with van der Waals surface area (Å²) in [6.45, 7) is 0.0443. The zero-order chi connectivity index (χ0) is 13.9.